The monoisotopic (exact) mass is 255 g/mol. The predicted molar refractivity (Wildman–Crippen MR) is 62.8 cm³/mol. The minimum atomic E-state index is -1.04. The SMILES string of the molecule is CCC[C@H](NC(=O)NC(C)c1ncn[nH]1)C(=O)O. The third kappa shape index (κ3) is 4.04. The second-order valence-corrected chi connectivity index (χ2v) is 3.89. The molecule has 100 valence electrons. The van der Waals surface area contributed by atoms with Gasteiger partial charge in [-0.05, 0) is 13.3 Å². The Bertz CT molecular complexity index is 392. The average molecular weight is 255 g/mol. The van der Waals surface area contributed by atoms with Crippen molar-refractivity contribution in [3.63, 3.8) is 0 Å². The normalized spacial score (nSPS) is 13.7. The summed E-state index contributed by atoms with van der Waals surface area (Å²) in [6.07, 6.45) is 2.40. The summed E-state index contributed by atoms with van der Waals surface area (Å²) in [6, 6.07) is -1.79. The average Bonchev–Trinajstić information content (AvgIpc) is 2.81. The number of hydrogen-bond acceptors (Lipinski definition) is 4. The minimum absolute atomic E-state index is 0.372. The molecule has 1 heterocycles. The number of carbonyl (C=O) groups is 2. The van der Waals surface area contributed by atoms with Crippen LogP contribution in [0.5, 0.6) is 0 Å². The topological polar surface area (TPSA) is 120 Å². The molecule has 2 atom stereocenters. The highest BCUT2D eigenvalue weighted by atomic mass is 16.4. The van der Waals surface area contributed by atoms with Crippen molar-refractivity contribution in [2.24, 2.45) is 0 Å². The van der Waals surface area contributed by atoms with Gasteiger partial charge in [-0.15, -0.1) is 0 Å². The van der Waals surface area contributed by atoms with E-state index in [1.807, 2.05) is 6.92 Å². The van der Waals surface area contributed by atoms with Crippen LogP contribution >= 0.6 is 0 Å². The maximum atomic E-state index is 11.6. The van der Waals surface area contributed by atoms with Crippen LogP contribution in [0, 0.1) is 0 Å². The molecule has 0 radical (unpaired) electrons. The Morgan fingerprint density at radius 2 is 2.22 bits per heavy atom. The van der Waals surface area contributed by atoms with E-state index in [0.717, 1.165) is 0 Å². The number of carboxylic acid groups (broad SMARTS) is 1. The molecule has 0 aliphatic rings. The van der Waals surface area contributed by atoms with Crippen LogP contribution in [0.15, 0.2) is 6.33 Å². The van der Waals surface area contributed by atoms with Crippen LogP contribution in [0.3, 0.4) is 0 Å². The zero-order chi connectivity index (χ0) is 13.5. The Hall–Kier alpha value is -2.12. The van der Waals surface area contributed by atoms with Gasteiger partial charge in [0, 0.05) is 0 Å². The fourth-order valence-corrected chi connectivity index (χ4v) is 1.43. The zero-order valence-corrected chi connectivity index (χ0v) is 10.3. The molecule has 0 aliphatic heterocycles. The van der Waals surface area contributed by atoms with Crippen molar-refractivity contribution < 1.29 is 14.7 Å². The highest BCUT2D eigenvalue weighted by Crippen LogP contribution is 2.04. The van der Waals surface area contributed by atoms with Crippen LogP contribution in [0.2, 0.25) is 0 Å². The molecule has 0 spiro atoms. The summed E-state index contributed by atoms with van der Waals surface area (Å²) >= 11 is 0. The Kier molecular flexibility index (Phi) is 5.09. The van der Waals surface area contributed by atoms with E-state index < -0.39 is 18.0 Å². The molecular weight excluding hydrogens is 238 g/mol. The molecule has 8 heteroatoms. The van der Waals surface area contributed by atoms with Gasteiger partial charge >= 0.3 is 12.0 Å². The van der Waals surface area contributed by atoms with Crippen molar-refractivity contribution in [2.75, 3.05) is 0 Å². The van der Waals surface area contributed by atoms with E-state index in [9.17, 15) is 9.59 Å². The summed E-state index contributed by atoms with van der Waals surface area (Å²) in [5, 5.41) is 20.2. The molecule has 1 aromatic heterocycles. The lowest BCUT2D eigenvalue weighted by Gasteiger charge is -2.16. The predicted octanol–water partition coefficient (Wildman–Crippen LogP) is 0.418. The van der Waals surface area contributed by atoms with Gasteiger partial charge in [0.05, 0.1) is 6.04 Å². The van der Waals surface area contributed by atoms with Crippen LogP contribution in [0.1, 0.15) is 38.6 Å². The van der Waals surface area contributed by atoms with Gasteiger partial charge in [0.1, 0.15) is 18.2 Å². The van der Waals surface area contributed by atoms with E-state index in [2.05, 4.69) is 25.8 Å². The number of hydrogen-bond donors (Lipinski definition) is 4. The molecule has 0 aliphatic carbocycles. The quantitative estimate of drug-likeness (QED) is 0.587. The molecule has 4 N–H and O–H groups in total. The van der Waals surface area contributed by atoms with Gasteiger partial charge in [-0.1, -0.05) is 13.3 Å². The summed E-state index contributed by atoms with van der Waals surface area (Å²) in [5.74, 6) is -0.535. The van der Waals surface area contributed by atoms with Crippen LogP contribution in [0.4, 0.5) is 4.79 Å². The molecule has 1 unspecified atom stereocenters. The molecule has 0 bridgehead atoms. The molecule has 2 amide bonds. The number of H-pyrrole nitrogens is 1. The highest BCUT2D eigenvalue weighted by Gasteiger charge is 2.20. The van der Waals surface area contributed by atoms with Crippen molar-refractivity contribution in [2.45, 2.75) is 38.8 Å². The van der Waals surface area contributed by atoms with E-state index in [0.29, 0.717) is 18.7 Å². The Balaban J connectivity index is 2.47. The van der Waals surface area contributed by atoms with E-state index in [1.165, 1.54) is 6.33 Å². The Labute approximate surface area is 104 Å². The number of aromatic amines is 1. The molecule has 0 saturated heterocycles. The second kappa shape index (κ2) is 6.58. The lowest BCUT2D eigenvalue weighted by Crippen LogP contribution is -2.46. The number of aromatic nitrogens is 3. The van der Waals surface area contributed by atoms with E-state index in [1.54, 1.807) is 6.92 Å². The summed E-state index contributed by atoms with van der Waals surface area (Å²) in [6.45, 7) is 3.57. The van der Waals surface area contributed by atoms with Crippen molar-refractivity contribution in [3.05, 3.63) is 12.2 Å². The Morgan fingerprint density at radius 3 is 2.72 bits per heavy atom. The second-order valence-electron chi connectivity index (χ2n) is 3.89. The maximum Gasteiger partial charge on any atom is 0.326 e. The lowest BCUT2D eigenvalue weighted by atomic mass is 10.2. The summed E-state index contributed by atoms with van der Waals surface area (Å²) in [7, 11) is 0. The first-order valence-corrected chi connectivity index (χ1v) is 5.69. The largest absolute Gasteiger partial charge is 0.480 e. The highest BCUT2D eigenvalue weighted by molar-refractivity contribution is 5.82. The molecule has 18 heavy (non-hydrogen) atoms. The van der Waals surface area contributed by atoms with Crippen LogP contribution < -0.4 is 10.6 Å². The van der Waals surface area contributed by atoms with E-state index in [-0.39, 0.29) is 6.04 Å². The molecule has 1 rings (SSSR count). The van der Waals surface area contributed by atoms with E-state index >= 15 is 0 Å². The number of aliphatic carboxylic acids is 1. The smallest absolute Gasteiger partial charge is 0.326 e. The van der Waals surface area contributed by atoms with Crippen molar-refractivity contribution in [3.8, 4) is 0 Å². The lowest BCUT2D eigenvalue weighted by molar-refractivity contribution is -0.139. The molecular formula is C10H17N5O3. The number of amides is 2. The van der Waals surface area contributed by atoms with Crippen LogP contribution in [0.25, 0.3) is 0 Å². The van der Waals surface area contributed by atoms with Gasteiger partial charge in [0.25, 0.3) is 0 Å². The van der Waals surface area contributed by atoms with Gasteiger partial charge < -0.3 is 15.7 Å². The van der Waals surface area contributed by atoms with Crippen molar-refractivity contribution in [1.82, 2.24) is 25.8 Å². The van der Waals surface area contributed by atoms with E-state index in [4.69, 9.17) is 5.11 Å². The van der Waals surface area contributed by atoms with Crippen LogP contribution in [-0.4, -0.2) is 38.3 Å². The van der Waals surface area contributed by atoms with Gasteiger partial charge in [0.2, 0.25) is 0 Å². The van der Waals surface area contributed by atoms with Crippen LogP contribution in [-0.2, 0) is 4.79 Å². The molecule has 0 fully saturated rings. The van der Waals surface area contributed by atoms with Crippen molar-refractivity contribution in [1.29, 1.82) is 0 Å². The minimum Gasteiger partial charge on any atom is -0.480 e. The first kappa shape index (κ1) is 13.9. The molecule has 0 saturated carbocycles. The number of nitrogens with one attached hydrogen (secondary N) is 3. The first-order valence-electron chi connectivity index (χ1n) is 5.69. The number of rotatable bonds is 6. The first-order chi connectivity index (χ1) is 8.54. The Morgan fingerprint density at radius 1 is 1.50 bits per heavy atom. The summed E-state index contributed by atoms with van der Waals surface area (Å²) < 4.78 is 0. The van der Waals surface area contributed by atoms with Gasteiger partial charge in [0.15, 0.2) is 0 Å². The number of carboxylic acids is 1. The van der Waals surface area contributed by atoms with Crippen molar-refractivity contribution >= 4 is 12.0 Å². The fraction of sp³-hybridized carbons (Fsp3) is 0.600. The number of urea groups is 1. The third-order valence-corrected chi connectivity index (χ3v) is 2.37. The number of carbonyl (C=O) groups excluding carboxylic acids is 1. The van der Waals surface area contributed by atoms with Gasteiger partial charge in [-0.25, -0.2) is 14.6 Å². The maximum absolute atomic E-state index is 11.6. The molecule has 8 nitrogen and oxygen atoms in total. The summed E-state index contributed by atoms with van der Waals surface area (Å²) in [4.78, 5) is 26.4. The van der Waals surface area contributed by atoms with Gasteiger partial charge in [-0.3, -0.25) is 5.10 Å². The molecule has 0 aromatic carbocycles. The zero-order valence-electron chi connectivity index (χ0n) is 10.3. The molecule has 1 aromatic rings. The fourth-order valence-electron chi connectivity index (χ4n) is 1.43. The summed E-state index contributed by atoms with van der Waals surface area (Å²) in [5.41, 5.74) is 0. The standard InChI is InChI=1S/C10H17N5O3/c1-3-4-7(9(16)17)14-10(18)13-6(2)8-11-5-12-15-8/h5-7H,3-4H2,1-2H3,(H,16,17)(H,11,12,15)(H2,13,14,18)/t6?,7-/m0/s1. The van der Waals surface area contributed by atoms with Gasteiger partial charge in [-0.2, -0.15) is 5.10 Å². The third-order valence-electron chi connectivity index (χ3n) is 2.37. The number of nitrogens with zero attached hydrogens (tertiary/aromatic N) is 2.